The number of pyridine rings is 1. The minimum atomic E-state index is 0.796. The first kappa shape index (κ1) is 8.01. The number of nitrogens with one attached hydrogen (secondary N) is 1. The second-order valence-electron chi connectivity index (χ2n) is 2.22. The fourth-order valence-electron chi connectivity index (χ4n) is 0.817. The van der Waals surface area contributed by atoms with Gasteiger partial charge in [-0.05, 0) is 19.2 Å². The monoisotopic (exact) mass is 152 g/mol. The van der Waals surface area contributed by atoms with Gasteiger partial charge < -0.3 is 10.1 Å². The van der Waals surface area contributed by atoms with Crippen LogP contribution < -0.4 is 10.1 Å². The normalized spacial score (nSPS) is 9.64. The van der Waals surface area contributed by atoms with E-state index >= 15 is 0 Å². The van der Waals surface area contributed by atoms with Gasteiger partial charge in [-0.25, -0.2) is 0 Å². The topological polar surface area (TPSA) is 34.1 Å². The molecule has 60 valence electrons. The van der Waals surface area contributed by atoms with Crippen LogP contribution in [0.3, 0.4) is 0 Å². The van der Waals surface area contributed by atoms with Crippen LogP contribution in [0.5, 0.6) is 5.75 Å². The number of ether oxygens (including phenoxy) is 1. The summed E-state index contributed by atoms with van der Waals surface area (Å²) in [5.41, 5.74) is 1.02. The zero-order valence-electron chi connectivity index (χ0n) is 6.79. The highest BCUT2D eigenvalue weighted by Gasteiger charge is 1.92. The maximum atomic E-state index is 4.96. The quantitative estimate of drug-likeness (QED) is 0.696. The Balaban J connectivity index is 2.66. The van der Waals surface area contributed by atoms with Crippen LogP contribution in [-0.2, 0) is 6.54 Å². The molecule has 1 N–H and O–H groups in total. The van der Waals surface area contributed by atoms with Gasteiger partial charge in [0.1, 0.15) is 5.75 Å². The van der Waals surface area contributed by atoms with E-state index < -0.39 is 0 Å². The molecule has 0 spiro atoms. The largest absolute Gasteiger partial charge is 0.495 e. The molecule has 0 unspecified atom stereocenters. The maximum absolute atomic E-state index is 4.96. The van der Waals surface area contributed by atoms with Gasteiger partial charge in [0, 0.05) is 6.54 Å². The Morgan fingerprint density at radius 1 is 1.55 bits per heavy atom. The molecule has 11 heavy (non-hydrogen) atoms. The number of methoxy groups -OCH3 is 1. The first-order valence-corrected chi connectivity index (χ1v) is 3.50. The predicted molar refractivity (Wildman–Crippen MR) is 43.6 cm³/mol. The van der Waals surface area contributed by atoms with Crippen molar-refractivity contribution in [1.82, 2.24) is 10.3 Å². The van der Waals surface area contributed by atoms with E-state index in [0.29, 0.717) is 0 Å². The van der Waals surface area contributed by atoms with Crippen LogP contribution in [0, 0.1) is 0 Å². The van der Waals surface area contributed by atoms with Crippen LogP contribution in [0.4, 0.5) is 0 Å². The zero-order valence-corrected chi connectivity index (χ0v) is 6.79. The molecule has 0 amide bonds. The SMILES string of the molecule is CNCc1ccc(OC)cn1. The van der Waals surface area contributed by atoms with Crippen LogP contribution >= 0.6 is 0 Å². The van der Waals surface area contributed by atoms with Crippen molar-refractivity contribution in [2.45, 2.75) is 6.54 Å². The first-order chi connectivity index (χ1) is 5.36. The fourth-order valence-corrected chi connectivity index (χ4v) is 0.817. The molecule has 3 nitrogen and oxygen atoms in total. The molecule has 0 fully saturated rings. The van der Waals surface area contributed by atoms with Crippen molar-refractivity contribution in [2.75, 3.05) is 14.2 Å². The number of hydrogen-bond acceptors (Lipinski definition) is 3. The third-order valence-electron chi connectivity index (χ3n) is 1.39. The smallest absolute Gasteiger partial charge is 0.137 e. The van der Waals surface area contributed by atoms with Gasteiger partial charge in [-0.2, -0.15) is 0 Å². The molecule has 0 aromatic carbocycles. The number of aromatic nitrogens is 1. The molecular weight excluding hydrogens is 140 g/mol. The highest BCUT2D eigenvalue weighted by atomic mass is 16.5. The average molecular weight is 152 g/mol. The van der Waals surface area contributed by atoms with Crippen molar-refractivity contribution in [1.29, 1.82) is 0 Å². The van der Waals surface area contributed by atoms with Crippen LogP contribution in [0.2, 0.25) is 0 Å². The molecule has 0 aliphatic carbocycles. The Bertz CT molecular complexity index is 208. The van der Waals surface area contributed by atoms with Gasteiger partial charge in [0.05, 0.1) is 19.0 Å². The lowest BCUT2D eigenvalue weighted by molar-refractivity contribution is 0.412. The molecule has 3 heteroatoms. The predicted octanol–water partition coefficient (Wildman–Crippen LogP) is 0.810. The number of nitrogens with zero attached hydrogens (tertiary/aromatic N) is 1. The van der Waals surface area contributed by atoms with Crippen molar-refractivity contribution in [2.24, 2.45) is 0 Å². The molecule has 1 aromatic rings. The molecule has 0 aliphatic heterocycles. The summed E-state index contributed by atoms with van der Waals surface area (Å²) in [5.74, 6) is 0.796. The van der Waals surface area contributed by atoms with Crippen molar-refractivity contribution in [3.8, 4) is 5.75 Å². The maximum Gasteiger partial charge on any atom is 0.137 e. The summed E-state index contributed by atoms with van der Waals surface area (Å²) in [6.45, 7) is 0.796. The average Bonchev–Trinajstić information content (AvgIpc) is 2.07. The Labute approximate surface area is 66.4 Å². The summed E-state index contributed by atoms with van der Waals surface area (Å²) >= 11 is 0. The summed E-state index contributed by atoms with van der Waals surface area (Å²) in [6, 6.07) is 3.84. The molecule has 0 bridgehead atoms. The zero-order chi connectivity index (χ0) is 8.10. The van der Waals surface area contributed by atoms with E-state index in [9.17, 15) is 0 Å². The molecule has 1 heterocycles. The van der Waals surface area contributed by atoms with Crippen molar-refractivity contribution >= 4 is 0 Å². The van der Waals surface area contributed by atoms with E-state index in [0.717, 1.165) is 18.0 Å². The van der Waals surface area contributed by atoms with Crippen LogP contribution in [0.25, 0.3) is 0 Å². The van der Waals surface area contributed by atoms with Gasteiger partial charge in [0.15, 0.2) is 0 Å². The number of rotatable bonds is 3. The third-order valence-corrected chi connectivity index (χ3v) is 1.39. The lowest BCUT2D eigenvalue weighted by Crippen LogP contribution is -2.06. The van der Waals surface area contributed by atoms with Crippen LogP contribution in [0.15, 0.2) is 18.3 Å². The summed E-state index contributed by atoms with van der Waals surface area (Å²) in [5, 5.41) is 3.02. The van der Waals surface area contributed by atoms with E-state index in [1.54, 1.807) is 13.3 Å². The van der Waals surface area contributed by atoms with E-state index in [4.69, 9.17) is 4.74 Å². The van der Waals surface area contributed by atoms with Gasteiger partial charge in [0.2, 0.25) is 0 Å². The standard InChI is InChI=1S/C8H12N2O/c1-9-5-7-3-4-8(11-2)6-10-7/h3-4,6,9H,5H2,1-2H3. The highest BCUT2D eigenvalue weighted by molar-refractivity contribution is 5.19. The van der Waals surface area contributed by atoms with Crippen LogP contribution in [0.1, 0.15) is 5.69 Å². The lowest BCUT2D eigenvalue weighted by atomic mass is 10.3. The van der Waals surface area contributed by atoms with Crippen LogP contribution in [-0.4, -0.2) is 19.1 Å². The minimum absolute atomic E-state index is 0.796. The minimum Gasteiger partial charge on any atom is -0.495 e. The molecule has 0 radical (unpaired) electrons. The molecule has 1 rings (SSSR count). The Hall–Kier alpha value is -1.09. The third kappa shape index (κ3) is 2.20. The van der Waals surface area contributed by atoms with Gasteiger partial charge in [-0.1, -0.05) is 0 Å². The Morgan fingerprint density at radius 2 is 2.36 bits per heavy atom. The van der Waals surface area contributed by atoms with Gasteiger partial charge in [-0.15, -0.1) is 0 Å². The van der Waals surface area contributed by atoms with Crippen molar-refractivity contribution < 1.29 is 4.74 Å². The molecule has 0 aliphatic rings. The molecule has 0 saturated heterocycles. The summed E-state index contributed by atoms with van der Waals surface area (Å²) in [4.78, 5) is 4.15. The van der Waals surface area contributed by atoms with Gasteiger partial charge in [-0.3, -0.25) is 4.98 Å². The lowest BCUT2D eigenvalue weighted by Gasteiger charge is -2.00. The van der Waals surface area contributed by atoms with Gasteiger partial charge >= 0.3 is 0 Å². The Morgan fingerprint density at radius 3 is 2.82 bits per heavy atom. The van der Waals surface area contributed by atoms with E-state index in [1.165, 1.54) is 0 Å². The molecule has 0 saturated carbocycles. The molecule has 1 aromatic heterocycles. The second kappa shape index (κ2) is 3.93. The van der Waals surface area contributed by atoms with E-state index in [2.05, 4.69) is 10.3 Å². The number of hydrogen-bond donors (Lipinski definition) is 1. The van der Waals surface area contributed by atoms with Crippen molar-refractivity contribution in [3.05, 3.63) is 24.0 Å². The fraction of sp³-hybridized carbons (Fsp3) is 0.375. The second-order valence-corrected chi connectivity index (χ2v) is 2.22. The Kier molecular flexibility index (Phi) is 2.86. The molecular formula is C8H12N2O. The van der Waals surface area contributed by atoms with E-state index in [-0.39, 0.29) is 0 Å². The summed E-state index contributed by atoms with van der Waals surface area (Å²) < 4.78 is 4.96. The van der Waals surface area contributed by atoms with Gasteiger partial charge in [0.25, 0.3) is 0 Å². The summed E-state index contributed by atoms with van der Waals surface area (Å²) in [6.07, 6.45) is 1.71. The van der Waals surface area contributed by atoms with E-state index in [1.807, 2.05) is 19.2 Å². The highest BCUT2D eigenvalue weighted by Crippen LogP contribution is 2.07. The summed E-state index contributed by atoms with van der Waals surface area (Å²) in [7, 11) is 3.53. The molecule has 0 atom stereocenters. The first-order valence-electron chi connectivity index (χ1n) is 3.50. The van der Waals surface area contributed by atoms with Crippen molar-refractivity contribution in [3.63, 3.8) is 0 Å².